The molecule has 0 aliphatic carbocycles. The van der Waals surface area contributed by atoms with Gasteiger partial charge in [0.25, 0.3) is 5.91 Å². The molecule has 2 aromatic rings. The van der Waals surface area contributed by atoms with Crippen LogP contribution in [0.5, 0.6) is 5.75 Å². The number of halogens is 1. The largest absolute Gasteiger partial charge is 0.482 e. The van der Waals surface area contributed by atoms with Gasteiger partial charge in [-0.15, -0.1) is 0 Å². The molecule has 0 aromatic heterocycles. The summed E-state index contributed by atoms with van der Waals surface area (Å²) in [5, 5.41) is 3.05. The summed E-state index contributed by atoms with van der Waals surface area (Å²) in [6.07, 6.45) is 0. The number of hydrogen-bond donors (Lipinski definition) is 2. The van der Waals surface area contributed by atoms with E-state index in [0.717, 1.165) is 5.56 Å². The lowest BCUT2D eigenvalue weighted by Gasteiger charge is -2.10. The maximum Gasteiger partial charge on any atom is 0.262 e. The van der Waals surface area contributed by atoms with Gasteiger partial charge in [-0.3, -0.25) is 4.79 Å². The SMILES string of the molecule is CNS(=O)(=O)c1ccc(NC(=O)COc2cc(C)ccc2Cl)cc1. The first-order chi connectivity index (χ1) is 11.3. The number of hydrogen-bond acceptors (Lipinski definition) is 4. The van der Waals surface area contributed by atoms with Gasteiger partial charge in [-0.1, -0.05) is 17.7 Å². The first-order valence-electron chi connectivity index (χ1n) is 7.04. The van der Waals surface area contributed by atoms with Crippen LogP contribution >= 0.6 is 11.6 Å². The van der Waals surface area contributed by atoms with E-state index in [0.29, 0.717) is 16.5 Å². The third-order valence-electron chi connectivity index (χ3n) is 3.16. The summed E-state index contributed by atoms with van der Waals surface area (Å²) in [5.74, 6) is 0.0547. The minimum atomic E-state index is -3.50. The Morgan fingerprint density at radius 2 is 1.83 bits per heavy atom. The van der Waals surface area contributed by atoms with E-state index in [1.165, 1.54) is 31.3 Å². The number of ether oxygens (including phenoxy) is 1. The first-order valence-corrected chi connectivity index (χ1v) is 8.90. The predicted molar refractivity (Wildman–Crippen MR) is 93.0 cm³/mol. The van der Waals surface area contributed by atoms with E-state index in [1.54, 1.807) is 12.1 Å². The fourth-order valence-electron chi connectivity index (χ4n) is 1.90. The number of aryl methyl sites for hydroxylation is 1. The Morgan fingerprint density at radius 1 is 1.17 bits per heavy atom. The summed E-state index contributed by atoms with van der Waals surface area (Å²) in [6, 6.07) is 11.1. The van der Waals surface area contributed by atoms with E-state index >= 15 is 0 Å². The van der Waals surface area contributed by atoms with E-state index in [-0.39, 0.29) is 17.4 Å². The van der Waals surface area contributed by atoms with Crippen molar-refractivity contribution < 1.29 is 17.9 Å². The van der Waals surface area contributed by atoms with Gasteiger partial charge in [0.15, 0.2) is 6.61 Å². The van der Waals surface area contributed by atoms with Crippen molar-refractivity contribution in [1.82, 2.24) is 4.72 Å². The van der Waals surface area contributed by atoms with Crippen LogP contribution in [0.15, 0.2) is 47.4 Å². The molecule has 0 heterocycles. The zero-order valence-electron chi connectivity index (χ0n) is 13.2. The summed E-state index contributed by atoms with van der Waals surface area (Å²) in [4.78, 5) is 12.0. The predicted octanol–water partition coefficient (Wildman–Crippen LogP) is 2.57. The molecule has 2 aromatic carbocycles. The summed E-state index contributed by atoms with van der Waals surface area (Å²) in [6.45, 7) is 1.68. The van der Waals surface area contributed by atoms with Gasteiger partial charge in [-0.2, -0.15) is 0 Å². The van der Waals surface area contributed by atoms with Crippen molar-refractivity contribution in [2.24, 2.45) is 0 Å². The van der Waals surface area contributed by atoms with Gasteiger partial charge in [0.05, 0.1) is 9.92 Å². The van der Waals surface area contributed by atoms with Crippen LogP contribution in [0, 0.1) is 6.92 Å². The van der Waals surface area contributed by atoms with E-state index in [2.05, 4.69) is 10.0 Å². The second-order valence-electron chi connectivity index (χ2n) is 5.00. The van der Waals surface area contributed by atoms with Crippen molar-refractivity contribution >= 4 is 33.2 Å². The lowest BCUT2D eigenvalue weighted by molar-refractivity contribution is -0.118. The van der Waals surface area contributed by atoms with Crippen LogP contribution in [-0.2, 0) is 14.8 Å². The van der Waals surface area contributed by atoms with Crippen molar-refractivity contribution in [2.75, 3.05) is 19.0 Å². The first kappa shape index (κ1) is 18.3. The molecule has 0 atom stereocenters. The molecule has 6 nitrogen and oxygen atoms in total. The summed E-state index contributed by atoms with van der Waals surface area (Å²) >= 11 is 5.99. The molecule has 24 heavy (non-hydrogen) atoms. The lowest BCUT2D eigenvalue weighted by Crippen LogP contribution is -2.21. The third kappa shape index (κ3) is 4.70. The maximum atomic E-state index is 11.9. The number of nitrogens with one attached hydrogen (secondary N) is 2. The number of benzene rings is 2. The minimum absolute atomic E-state index is 0.116. The molecule has 0 radical (unpaired) electrons. The molecule has 0 bridgehead atoms. The number of amides is 1. The molecule has 0 unspecified atom stereocenters. The van der Waals surface area contributed by atoms with Crippen molar-refractivity contribution in [3.05, 3.63) is 53.1 Å². The average Bonchev–Trinajstić information content (AvgIpc) is 2.56. The normalized spacial score (nSPS) is 11.1. The molecule has 128 valence electrons. The minimum Gasteiger partial charge on any atom is -0.482 e. The van der Waals surface area contributed by atoms with Crippen LogP contribution in [0.25, 0.3) is 0 Å². The second-order valence-corrected chi connectivity index (χ2v) is 7.30. The highest BCUT2D eigenvalue weighted by Crippen LogP contribution is 2.25. The molecule has 2 N–H and O–H groups in total. The lowest BCUT2D eigenvalue weighted by atomic mass is 10.2. The molecule has 1 amide bonds. The van der Waals surface area contributed by atoms with Crippen molar-refractivity contribution in [3.63, 3.8) is 0 Å². The zero-order chi connectivity index (χ0) is 17.7. The van der Waals surface area contributed by atoms with Crippen molar-refractivity contribution in [2.45, 2.75) is 11.8 Å². The van der Waals surface area contributed by atoms with Crippen LogP contribution < -0.4 is 14.8 Å². The van der Waals surface area contributed by atoms with Crippen molar-refractivity contribution in [1.29, 1.82) is 0 Å². The van der Waals surface area contributed by atoms with Gasteiger partial charge in [-0.05, 0) is 55.9 Å². The van der Waals surface area contributed by atoms with Crippen molar-refractivity contribution in [3.8, 4) is 5.75 Å². The Balaban J connectivity index is 1.96. The number of carbonyl (C=O) groups excluding carboxylic acids is 1. The van der Waals surface area contributed by atoms with Crippen LogP contribution in [0.1, 0.15) is 5.56 Å². The highest BCUT2D eigenvalue weighted by Gasteiger charge is 2.11. The molecular formula is C16H17ClN2O4S. The molecule has 0 spiro atoms. The van der Waals surface area contributed by atoms with Crippen LogP contribution in [0.3, 0.4) is 0 Å². The molecule has 0 fully saturated rings. The molecule has 2 rings (SSSR count). The Kier molecular flexibility index (Phi) is 5.82. The van der Waals surface area contributed by atoms with Gasteiger partial charge >= 0.3 is 0 Å². The number of anilines is 1. The second kappa shape index (κ2) is 7.65. The molecule has 0 saturated heterocycles. The maximum absolute atomic E-state index is 11.9. The van der Waals surface area contributed by atoms with Gasteiger partial charge in [0.2, 0.25) is 10.0 Å². The van der Waals surface area contributed by atoms with Crippen LogP contribution in [-0.4, -0.2) is 28.0 Å². The molecule has 8 heteroatoms. The van der Waals surface area contributed by atoms with Gasteiger partial charge in [-0.25, -0.2) is 13.1 Å². The molecular weight excluding hydrogens is 352 g/mol. The fourth-order valence-corrected chi connectivity index (χ4v) is 2.80. The smallest absolute Gasteiger partial charge is 0.262 e. The van der Waals surface area contributed by atoms with E-state index < -0.39 is 10.0 Å². The highest BCUT2D eigenvalue weighted by molar-refractivity contribution is 7.89. The fraction of sp³-hybridized carbons (Fsp3) is 0.188. The summed E-state index contributed by atoms with van der Waals surface area (Å²) < 4.78 is 30.9. The number of sulfonamides is 1. The number of rotatable bonds is 6. The van der Waals surface area contributed by atoms with Crippen LogP contribution in [0.2, 0.25) is 5.02 Å². The molecule has 0 saturated carbocycles. The third-order valence-corrected chi connectivity index (χ3v) is 4.91. The highest BCUT2D eigenvalue weighted by atomic mass is 35.5. The van der Waals surface area contributed by atoms with Crippen LogP contribution in [0.4, 0.5) is 5.69 Å². The Morgan fingerprint density at radius 3 is 2.46 bits per heavy atom. The Bertz CT molecular complexity index is 836. The van der Waals surface area contributed by atoms with Gasteiger partial charge in [0, 0.05) is 5.69 Å². The van der Waals surface area contributed by atoms with E-state index in [9.17, 15) is 13.2 Å². The van der Waals surface area contributed by atoms with Gasteiger partial charge < -0.3 is 10.1 Å². The topological polar surface area (TPSA) is 84.5 Å². The van der Waals surface area contributed by atoms with E-state index in [1.807, 2.05) is 13.0 Å². The molecule has 0 aliphatic heterocycles. The Labute approximate surface area is 145 Å². The summed E-state index contributed by atoms with van der Waals surface area (Å²) in [5.41, 5.74) is 1.44. The summed E-state index contributed by atoms with van der Waals surface area (Å²) in [7, 11) is -2.17. The zero-order valence-corrected chi connectivity index (χ0v) is 14.7. The standard InChI is InChI=1S/C16H17ClN2O4S/c1-11-3-8-14(17)15(9-11)23-10-16(20)19-12-4-6-13(7-5-12)24(21,22)18-2/h3-9,18H,10H2,1-2H3,(H,19,20). The monoisotopic (exact) mass is 368 g/mol. The van der Waals surface area contributed by atoms with E-state index in [4.69, 9.17) is 16.3 Å². The average molecular weight is 369 g/mol. The number of carbonyl (C=O) groups is 1. The quantitative estimate of drug-likeness (QED) is 0.820. The Hall–Kier alpha value is -2.09. The molecule has 0 aliphatic rings. The van der Waals surface area contributed by atoms with Gasteiger partial charge in [0.1, 0.15) is 5.75 Å².